The van der Waals surface area contributed by atoms with Crippen LogP contribution in [0.5, 0.6) is 0 Å². The van der Waals surface area contributed by atoms with Crippen molar-refractivity contribution in [3.63, 3.8) is 0 Å². The first kappa shape index (κ1) is 16.7. The summed E-state index contributed by atoms with van der Waals surface area (Å²) in [6.07, 6.45) is 2.44. The van der Waals surface area contributed by atoms with Gasteiger partial charge in [-0.15, -0.1) is 0 Å². The quantitative estimate of drug-likeness (QED) is 0.713. The highest BCUT2D eigenvalue weighted by Crippen LogP contribution is 2.24. The largest absolute Gasteiger partial charge is 0.356 e. The van der Waals surface area contributed by atoms with Crippen LogP contribution < -0.4 is 11.1 Å². The van der Waals surface area contributed by atoms with Gasteiger partial charge in [0.15, 0.2) is 0 Å². The molecule has 114 valence electrons. The number of hydrogen-bond acceptors (Lipinski definition) is 3. The van der Waals surface area contributed by atoms with E-state index in [1.807, 2.05) is 32.4 Å². The van der Waals surface area contributed by atoms with Crippen molar-refractivity contribution in [1.82, 2.24) is 15.1 Å². The molecule has 1 aromatic rings. The maximum atomic E-state index is 12.2. The van der Waals surface area contributed by atoms with Gasteiger partial charge in [-0.2, -0.15) is 5.10 Å². The van der Waals surface area contributed by atoms with E-state index in [4.69, 9.17) is 5.73 Å². The number of hydrogen-bond donors (Lipinski definition) is 2. The fourth-order valence-corrected chi connectivity index (χ4v) is 2.47. The zero-order valence-electron chi connectivity index (χ0n) is 13.2. The van der Waals surface area contributed by atoms with Gasteiger partial charge in [0, 0.05) is 25.3 Å². The molecule has 5 heteroatoms. The summed E-state index contributed by atoms with van der Waals surface area (Å²) in [6.45, 7) is 9.98. The lowest BCUT2D eigenvalue weighted by atomic mass is 9.81. The SMILES string of the molecule is CCC(CC)(CN)C(=O)NCCCn1nc(C)cc1C. The molecule has 5 nitrogen and oxygen atoms in total. The Labute approximate surface area is 121 Å². The monoisotopic (exact) mass is 280 g/mol. The van der Waals surface area contributed by atoms with Gasteiger partial charge in [0.05, 0.1) is 11.1 Å². The minimum absolute atomic E-state index is 0.0818. The summed E-state index contributed by atoms with van der Waals surface area (Å²) in [5.41, 5.74) is 7.56. The minimum Gasteiger partial charge on any atom is -0.356 e. The fourth-order valence-electron chi connectivity index (χ4n) is 2.47. The second-order valence-electron chi connectivity index (χ2n) is 5.45. The number of aryl methyl sites for hydroxylation is 3. The van der Waals surface area contributed by atoms with Gasteiger partial charge in [0.25, 0.3) is 0 Å². The van der Waals surface area contributed by atoms with Crippen LogP contribution in [0.3, 0.4) is 0 Å². The number of rotatable bonds is 8. The standard InChI is InChI=1S/C15H28N4O/c1-5-15(6-2,11-16)14(20)17-8-7-9-19-13(4)10-12(3)18-19/h10H,5-9,11,16H2,1-4H3,(H,17,20). The number of amides is 1. The molecule has 0 aliphatic heterocycles. The Kier molecular flexibility index (Phi) is 6.20. The second-order valence-corrected chi connectivity index (χ2v) is 5.45. The lowest BCUT2D eigenvalue weighted by molar-refractivity contribution is -0.131. The summed E-state index contributed by atoms with van der Waals surface area (Å²) in [4.78, 5) is 12.2. The van der Waals surface area contributed by atoms with Crippen molar-refractivity contribution in [3.05, 3.63) is 17.5 Å². The molecule has 0 aliphatic carbocycles. The Morgan fingerprint density at radius 3 is 2.50 bits per heavy atom. The van der Waals surface area contributed by atoms with Crippen LogP contribution in [0, 0.1) is 19.3 Å². The van der Waals surface area contributed by atoms with Crippen molar-refractivity contribution in [1.29, 1.82) is 0 Å². The summed E-state index contributed by atoms with van der Waals surface area (Å²) in [5, 5.41) is 7.42. The van der Waals surface area contributed by atoms with Crippen LogP contribution in [0.15, 0.2) is 6.07 Å². The molecule has 0 aromatic carbocycles. The molecule has 0 spiro atoms. The lowest BCUT2D eigenvalue weighted by Crippen LogP contribution is -2.45. The van der Waals surface area contributed by atoms with Crippen LogP contribution in [-0.2, 0) is 11.3 Å². The van der Waals surface area contributed by atoms with Crippen LogP contribution in [0.1, 0.15) is 44.5 Å². The van der Waals surface area contributed by atoms with Crippen LogP contribution in [-0.4, -0.2) is 28.8 Å². The summed E-state index contributed by atoms with van der Waals surface area (Å²) >= 11 is 0. The highest BCUT2D eigenvalue weighted by Gasteiger charge is 2.32. The molecule has 1 heterocycles. The second kappa shape index (κ2) is 7.43. The lowest BCUT2D eigenvalue weighted by Gasteiger charge is -2.28. The van der Waals surface area contributed by atoms with Gasteiger partial charge >= 0.3 is 0 Å². The zero-order chi connectivity index (χ0) is 15.2. The fraction of sp³-hybridized carbons (Fsp3) is 0.733. The van der Waals surface area contributed by atoms with Gasteiger partial charge in [-0.25, -0.2) is 0 Å². The van der Waals surface area contributed by atoms with E-state index in [2.05, 4.69) is 16.5 Å². The Bertz CT molecular complexity index is 427. The van der Waals surface area contributed by atoms with Crippen molar-refractivity contribution in [2.24, 2.45) is 11.1 Å². The highest BCUT2D eigenvalue weighted by molar-refractivity contribution is 5.82. The molecular formula is C15H28N4O. The smallest absolute Gasteiger partial charge is 0.227 e. The molecule has 20 heavy (non-hydrogen) atoms. The van der Waals surface area contributed by atoms with Gasteiger partial charge in [-0.3, -0.25) is 9.48 Å². The first-order valence-corrected chi connectivity index (χ1v) is 7.48. The summed E-state index contributed by atoms with van der Waals surface area (Å²) in [7, 11) is 0. The molecular weight excluding hydrogens is 252 g/mol. The number of nitrogens with two attached hydrogens (primary N) is 1. The topological polar surface area (TPSA) is 72.9 Å². The van der Waals surface area contributed by atoms with Crippen LogP contribution in [0.25, 0.3) is 0 Å². The molecule has 3 N–H and O–H groups in total. The Balaban J connectivity index is 2.41. The first-order valence-electron chi connectivity index (χ1n) is 7.48. The molecule has 0 fully saturated rings. The van der Waals surface area contributed by atoms with Crippen molar-refractivity contribution >= 4 is 5.91 Å². The molecule has 1 amide bonds. The summed E-state index contributed by atoms with van der Waals surface area (Å²) < 4.78 is 1.98. The van der Waals surface area contributed by atoms with Gasteiger partial charge in [-0.05, 0) is 39.2 Å². The van der Waals surface area contributed by atoms with E-state index in [1.54, 1.807) is 0 Å². The number of nitrogens with zero attached hydrogens (tertiary/aromatic N) is 2. The molecule has 0 radical (unpaired) electrons. The molecule has 0 saturated carbocycles. The van der Waals surface area contributed by atoms with Crippen molar-refractivity contribution in [2.45, 2.75) is 53.5 Å². The third-order valence-electron chi connectivity index (χ3n) is 4.16. The summed E-state index contributed by atoms with van der Waals surface area (Å²) in [5.74, 6) is 0.0818. The van der Waals surface area contributed by atoms with E-state index in [0.29, 0.717) is 13.1 Å². The minimum atomic E-state index is -0.405. The van der Waals surface area contributed by atoms with Gasteiger partial charge in [0.1, 0.15) is 0 Å². The third kappa shape index (κ3) is 3.82. The number of carbonyl (C=O) groups excluding carboxylic acids is 1. The average molecular weight is 280 g/mol. The van der Waals surface area contributed by atoms with E-state index in [1.165, 1.54) is 0 Å². The zero-order valence-corrected chi connectivity index (χ0v) is 13.2. The van der Waals surface area contributed by atoms with E-state index >= 15 is 0 Å². The van der Waals surface area contributed by atoms with E-state index in [-0.39, 0.29) is 5.91 Å². The molecule has 0 aliphatic rings. The van der Waals surface area contributed by atoms with E-state index in [9.17, 15) is 4.79 Å². The van der Waals surface area contributed by atoms with Gasteiger partial charge in [-0.1, -0.05) is 13.8 Å². The van der Waals surface area contributed by atoms with E-state index in [0.717, 1.165) is 37.2 Å². The van der Waals surface area contributed by atoms with E-state index < -0.39 is 5.41 Å². The van der Waals surface area contributed by atoms with Gasteiger partial charge < -0.3 is 11.1 Å². The number of nitrogens with one attached hydrogen (secondary N) is 1. The predicted octanol–water partition coefficient (Wildman–Crippen LogP) is 1.77. The van der Waals surface area contributed by atoms with Crippen LogP contribution >= 0.6 is 0 Å². The maximum absolute atomic E-state index is 12.2. The molecule has 1 aromatic heterocycles. The molecule has 0 unspecified atom stereocenters. The normalized spacial score (nSPS) is 11.7. The maximum Gasteiger partial charge on any atom is 0.227 e. The predicted molar refractivity (Wildman–Crippen MR) is 81.4 cm³/mol. The highest BCUT2D eigenvalue weighted by atomic mass is 16.2. The van der Waals surface area contributed by atoms with Gasteiger partial charge in [0.2, 0.25) is 5.91 Å². The number of carbonyl (C=O) groups is 1. The molecule has 0 atom stereocenters. The van der Waals surface area contributed by atoms with Crippen LogP contribution in [0.2, 0.25) is 0 Å². The van der Waals surface area contributed by atoms with Crippen molar-refractivity contribution in [2.75, 3.05) is 13.1 Å². The van der Waals surface area contributed by atoms with Crippen molar-refractivity contribution in [3.8, 4) is 0 Å². The van der Waals surface area contributed by atoms with Crippen molar-refractivity contribution < 1.29 is 4.79 Å². The van der Waals surface area contributed by atoms with Crippen LogP contribution in [0.4, 0.5) is 0 Å². The first-order chi connectivity index (χ1) is 9.49. The summed E-state index contributed by atoms with van der Waals surface area (Å²) in [6, 6.07) is 2.06. The molecule has 1 rings (SSSR count). The third-order valence-corrected chi connectivity index (χ3v) is 4.16. The Hall–Kier alpha value is -1.36. The Morgan fingerprint density at radius 1 is 1.40 bits per heavy atom. The Morgan fingerprint density at radius 2 is 2.05 bits per heavy atom. The molecule has 0 saturated heterocycles. The number of aromatic nitrogens is 2. The molecule has 0 bridgehead atoms. The average Bonchev–Trinajstić information content (AvgIpc) is 2.76.